The Morgan fingerprint density at radius 1 is 1.78 bits per heavy atom. The van der Waals surface area contributed by atoms with Gasteiger partial charge in [-0.15, -0.1) is 0 Å². The van der Waals surface area contributed by atoms with Crippen molar-refractivity contribution in [2.45, 2.75) is 12.5 Å². The van der Waals surface area contributed by atoms with Gasteiger partial charge in [-0.2, -0.15) is 0 Å². The van der Waals surface area contributed by atoms with E-state index in [2.05, 4.69) is 34.5 Å². The first kappa shape index (κ1) is 6.40. The van der Waals surface area contributed by atoms with Crippen LogP contribution in [0.3, 0.4) is 0 Å². The van der Waals surface area contributed by atoms with Gasteiger partial charge >= 0.3 is 0 Å². The van der Waals surface area contributed by atoms with Crippen molar-refractivity contribution in [1.29, 1.82) is 0 Å². The topological polar surface area (TPSA) is 12.4 Å². The van der Waals surface area contributed by atoms with Gasteiger partial charge in [0, 0.05) is 0 Å². The summed E-state index contributed by atoms with van der Waals surface area (Å²) in [5.74, 6) is 0. The van der Waals surface area contributed by atoms with Crippen LogP contribution in [-0.4, -0.2) is 11.2 Å². The second kappa shape index (κ2) is 3.33. The summed E-state index contributed by atoms with van der Waals surface area (Å²) in [6, 6.07) is 0.132. The Morgan fingerprint density at radius 3 is 3.22 bits per heavy atom. The first-order valence-corrected chi connectivity index (χ1v) is 3.06. The smallest absolute Gasteiger partial charge is 0.0832 e. The summed E-state index contributed by atoms with van der Waals surface area (Å²) in [7, 11) is 0. The van der Waals surface area contributed by atoms with Crippen molar-refractivity contribution in [3.05, 3.63) is 24.3 Å². The summed E-state index contributed by atoms with van der Waals surface area (Å²) >= 11 is 4.43. The molecular weight excluding hydrogens is 130 g/mol. The number of allylic oxidation sites excluding steroid dienone is 2. The predicted octanol–water partition coefficient (Wildman–Crippen LogP) is 1.58. The molecule has 1 aliphatic carbocycles. The fourth-order valence-corrected chi connectivity index (χ4v) is 0.743. The van der Waals surface area contributed by atoms with Crippen molar-refractivity contribution in [3.8, 4) is 0 Å². The molecular formula is C7H5NS. The number of hydrogen-bond donors (Lipinski definition) is 0. The van der Waals surface area contributed by atoms with E-state index < -0.39 is 0 Å². The largest absolute Gasteiger partial charge is 0.225 e. The minimum absolute atomic E-state index is 0.132. The molecule has 0 aromatic rings. The van der Waals surface area contributed by atoms with E-state index in [0.717, 1.165) is 6.42 Å². The van der Waals surface area contributed by atoms with Gasteiger partial charge in [0.15, 0.2) is 0 Å². The molecule has 1 aliphatic rings. The van der Waals surface area contributed by atoms with E-state index in [1.807, 2.05) is 6.08 Å². The van der Waals surface area contributed by atoms with Gasteiger partial charge in [0.05, 0.1) is 11.2 Å². The maximum Gasteiger partial charge on any atom is 0.0832 e. The van der Waals surface area contributed by atoms with Crippen LogP contribution in [0.2, 0.25) is 0 Å². The van der Waals surface area contributed by atoms with Crippen LogP contribution in [0.4, 0.5) is 0 Å². The van der Waals surface area contributed by atoms with E-state index >= 15 is 0 Å². The monoisotopic (exact) mass is 135 g/mol. The highest BCUT2D eigenvalue weighted by molar-refractivity contribution is 7.78. The molecule has 0 bridgehead atoms. The third-order valence-corrected chi connectivity index (χ3v) is 1.12. The Balaban J connectivity index is 2.55. The molecule has 9 heavy (non-hydrogen) atoms. The van der Waals surface area contributed by atoms with Gasteiger partial charge in [-0.1, -0.05) is 12.2 Å². The lowest BCUT2D eigenvalue weighted by Crippen LogP contribution is -1.99. The zero-order chi connectivity index (χ0) is 6.53. The molecule has 0 aliphatic heterocycles. The predicted molar refractivity (Wildman–Crippen MR) is 39.1 cm³/mol. The van der Waals surface area contributed by atoms with Crippen LogP contribution in [0.15, 0.2) is 17.1 Å². The third-order valence-electron chi connectivity index (χ3n) is 1.02. The number of thiocarbonyl (C=S) groups is 1. The lowest BCUT2D eigenvalue weighted by atomic mass is 10.1. The lowest BCUT2D eigenvalue weighted by molar-refractivity contribution is 0.816. The number of rotatable bonds is 1. The molecule has 1 nitrogen and oxygen atoms in total. The quantitative estimate of drug-likeness (QED) is 0.393. The summed E-state index contributed by atoms with van der Waals surface area (Å²) in [5.41, 5.74) is 0. The minimum atomic E-state index is 0.132. The van der Waals surface area contributed by atoms with Crippen molar-refractivity contribution in [2.75, 3.05) is 0 Å². The molecule has 2 radical (unpaired) electrons. The molecule has 0 amide bonds. The zero-order valence-corrected chi connectivity index (χ0v) is 5.61. The highest BCUT2D eigenvalue weighted by Gasteiger charge is 1.99. The molecule has 1 unspecified atom stereocenters. The van der Waals surface area contributed by atoms with Crippen LogP contribution in [0, 0.1) is 12.2 Å². The second-order valence-electron chi connectivity index (χ2n) is 1.67. The Labute approximate surface area is 59.8 Å². The molecule has 0 aromatic heterocycles. The van der Waals surface area contributed by atoms with E-state index in [-0.39, 0.29) is 6.04 Å². The van der Waals surface area contributed by atoms with Crippen molar-refractivity contribution in [1.82, 2.24) is 0 Å². The molecule has 1 atom stereocenters. The Hall–Kier alpha value is -0.720. The lowest BCUT2D eigenvalue weighted by Gasteiger charge is -2.01. The van der Waals surface area contributed by atoms with Gasteiger partial charge in [0.2, 0.25) is 0 Å². The maximum atomic E-state index is 4.43. The first-order valence-electron chi connectivity index (χ1n) is 2.65. The SMILES string of the molecule is S=C=NC1C=[C]C=[C]C1. The maximum absolute atomic E-state index is 4.43. The Morgan fingerprint density at radius 2 is 2.67 bits per heavy atom. The summed E-state index contributed by atoms with van der Waals surface area (Å²) < 4.78 is 0. The molecule has 0 fully saturated rings. The van der Waals surface area contributed by atoms with Crippen molar-refractivity contribution < 1.29 is 0 Å². The van der Waals surface area contributed by atoms with E-state index in [4.69, 9.17) is 0 Å². The molecule has 1 rings (SSSR count). The van der Waals surface area contributed by atoms with E-state index in [1.54, 1.807) is 6.08 Å². The highest BCUT2D eigenvalue weighted by Crippen LogP contribution is 2.03. The summed E-state index contributed by atoms with van der Waals surface area (Å²) in [5, 5.41) is 2.32. The van der Waals surface area contributed by atoms with Gasteiger partial charge in [-0.25, -0.2) is 4.99 Å². The molecule has 0 saturated carbocycles. The van der Waals surface area contributed by atoms with Crippen LogP contribution in [0.1, 0.15) is 6.42 Å². The fraction of sp³-hybridized carbons (Fsp3) is 0.286. The van der Waals surface area contributed by atoms with Crippen LogP contribution < -0.4 is 0 Å². The van der Waals surface area contributed by atoms with Crippen molar-refractivity contribution in [3.63, 3.8) is 0 Å². The van der Waals surface area contributed by atoms with Crippen molar-refractivity contribution >= 4 is 17.4 Å². The van der Waals surface area contributed by atoms with Gasteiger partial charge in [-0.3, -0.25) is 0 Å². The van der Waals surface area contributed by atoms with Gasteiger partial charge in [0.25, 0.3) is 0 Å². The molecule has 0 aromatic carbocycles. The first-order chi connectivity index (χ1) is 4.43. The molecule has 0 N–H and O–H groups in total. The Kier molecular flexibility index (Phi) is 2.37. The second-order valence-corrected chi connectivity index (χ2v) is 1.86. The van der Waals surface area contributed by atoms with Gasteiger partial charge in [0.1, 0.15) is 0 Å². The molecule has 2 heteroatoms. The van der Waals surface area contributed by atoms with Crippen LogP contribution in [0.5, 0.6) is 0 Å². The van der Waals surface area contributed by atoms with E-state index in [9.17, 15) is 0 Å². The van der Waals surface area contributed by atoms with Crippen LogP contribution in [0.25, 0.3) is 0 Å². The fourth-order valence-electron chi connectivity index (χ4n) is 0.607. The standard InChI is InChI=1S/C7H5NS/c9-6-8-7-4-2-1-3-5-7/h1,4,7H,5H2. The number of aliphatic imine (C=N–C) groups is 1. The zero-order valence-electron chi connectivity index (χ0n) is 4.79. The van der Waals surface area contributed by atoms with Gasteiger partial charge in [-0.05, 0) is 30.8 Å². The van der Waals surface area contributed by atoms with Crippen LogP contribution in [-0.2, 0) is 0 Å². The Bertz CT molecular complexity index is 187. The summed E-state index contributed by atoms with van der Waals surface area (Å²) in [4.78, 5) is 3.85. The summed E-state index contributed by atoms with van der Waals surface area (Å²) in [6.07, 6.45) is 10.3. The molecule has 0 spiro atoms. The third kappa shape index (κ3) is 1.92. The number of hydrogen-bond acceptors (Lipinski definition) is 2. The van der Waals surface area contributed by atoms with E-state index in [0.29, 0.717) is 0 Å². The number of isothiocyanates is 1. The number of nitrogens with zero attached hydrogens (tertiary/aromatic N) is 1. The minimum Gasteiger partial charge on any atom is -0.225 e. The normalized spacial score (nSPS) is 23.3. The van der Waals surface area contributed by atoms with E-state index in [1.165, 1.54) is 0 Å². The van der Waals surface area contributed by atoms with Crippen molar-refractivity contribution in [2.24, 2.45) is 4.99 Å². The molecule has 0 heterocycles. The van der Waals surface area contributed by atoms with Gasteiger partial charge < -0.3 is 0 Å². The average Bonchev–Trinajstić information content (AvgIpc) is 1.91. The molecule has 0 saturated heterocycles. The highest BCUT2D eigenvalue weighted by atomic mass is 32.1. The summed E-state index contributed by atoms with van der Waals surface area (Å²) in [6.45, 7) is 0. The van der Waals surface area contributed by atoms with Crippen LogP contribution >= 0.6 is 12.2 Å². The average molecular weight is 135 g/mol. The molecule has 44 valence electrons.